The van der Waals surface area contributed by atoms with Crippen LogP contribution in [0.25, 0.3) is 10.9 Å². The van der Waals surface area contributed by atoms with Gasteiger partial charge in [-0.05, 0) is 18.2 Å². The topological polar surface area (TPSA) is 70.7 Å². The zero-order valence-electron chi connectivity index (χ0n) is 9.72. The fourth-order valence-corrected chi connectivity index (χ4v) is 1.83. The van der Waals surface area contributed by atoms with Crippen LogP contribution in [0.5, 0.6) is 0 Å². The molecule has 0 radical (unpaired) electrons. The smallest absolute Gasteiger partial charge is 0.258 e. The number of nitrogens with zero attached hydrogens (tertiary/aromatic N) is 2. The Balaban J connectivity index is 1.95. The van der Waals surface area contributed by atoms with Gasteiger partial charge >= 0.3 is 0 Å². The van der Waals surface area contributed by atoms with Crippen LogP contribution in [0.4, 0.5) is 10.1 Å². The molecule has 0 fully saturated rings. The summed E-state index contributed by atoms with van der Waals surface area (Å²) in [5.74, 6) is -1.17. The van der Waals surface area contributed by atoms with Crippen molar-refractivity contribution >= 4 is 22.5 Å². The van der Waals surface area contributed by atoms with Gasteiger partial charge in [0.2, 0.25) is 0 Å². The van der Waals surface area contributed by atoms with E-state index < -0.39 is 11.7 Å². The largest absolute Gasteiger partial charge is 0.321 e. The summed E-state index contributed by atoms with van der Waals surface area (Å²) in [6, 6.07) is 6.68. The Kier molecular flexibility index (Phi) is 2.68. The van der Waals surface area contributed by atoms with Crippen LogP contribution in [-0.4, -0.2) is 21.1 Å². The first-order chi connectivity index (χ1) is 9.25. The predicted octanol–water partition coefficient (Wildman–Crippen LogP) is 2.35. The molecule has 0 aliphatic carbocycles. The maximum absolute atomic E-state index is 13.5. The fourth-order valence-electron chi connectivity index (χ4n) is 1.83. The second kappa shape index (κ2) is 4.49. The lowest BCUT2D eigenvalue weighted by Crippen LogP contribution is -2.14. The lowest BCUT2D eigenvalue weighted by atomic mass is 10.2. The zero-order valence-corrected chi connectivity index (χ0v) is 9.72. The summed E-state index contributed by atoms with van der Waals surface area (Å²) < 4.78 is 13.5. The van der Waals surface area contributed by atoms with E-state index in [1.54, 1.807) is 18.3 Å². The Morgan fingerprint density at radius 1 is 1.26 bits per heavy atom. The molecule has 3 aromatic rings. The summed E-state index contributed by atoms with van der Waals surface area (Å²) in [5, 5.41) is 10.1. The number of H-pyrrole nitrogens is 1. The van der Waals surface area contributed by atoms with E-state index in [1.165, 1.54) is 12.3 Å². The Hall–Kier alpha value is -2.76. The van der Waals surface area contributed by atoms with Crippen LogP contribution < -0.4 is 5.32 Å². The van der Waals surface area contributed by atoms with Crippen LogP contribution >= 0.6 is 0 Å². The van der Waals surface area contributed by atoms with E-state index in [0.717, 1.165) is 17.1 Å². The number of halogens is 1. The second-order valence-electron chi connectivity index (χ2n) is 3.95. The summed E-state index contributed by atoms with van der Waals surface area (Å²) in [6.45, 7) is 0. The normalized spacial score (nSPS) is 10.6. The van der Waals surface area contributed by atoms with Crippen molar-refractivity contribution in [1.82, 2.24) is 15.2 Å². The van der Waals surface area contributed by atoms with E-state index in [2.05, 4.69) is 20.5 Å². The highest BCUT2D eigenvalue weighted by Gasteiger charge is 2.13. The number of anilines is 1. The molecule has 2 aromatic heterocycles. The van der Waals surface area contributed by atoms with Gasteiger partial charge in [0.05, 0.1) is 29.2 Å². The maximum atomic E-state index is 13.5. The first-order valence-corrected chi connectivity index (χ1v) is 5.58. The number of pyridine rings is 1. The number of hydrogen-bond donors (Lipinski definition) is 2. The lowest BCUT2D eigenvalue weighted by Gasteiger charge is -2.06. The number of hydrogen-bond acceptors (Lipinski definition) is 3. The summed E-state index contributed by atoms with van der Waals surface area (Å²) in [5.41, 5.74) is 1.33. The van der Waals surface area contributed by atoms with Gasteiger partial charge in [-0.3, -0.25) is 14.9 Å². The third kappa shape index (κ3) is 2.03. The van der Waals surface area contributed by atoms with Crippen molar-refractivity contribution in [2.45, 2.75) is 0 Å². The number of carbonyl (C=O) groups is 1. The van der Waals surface area contributed by atoms with Crippen molar-refractivity contribution in [2.75, 3.05) is 5.32 Å². The second-order valence-corrected chi connectivity index (χ2v) is 3.95. The Morgan fingerprint density at radius 3 is 3.00 bits per heavy atom. The molecule has 0 atom stereocenters. The summed E-state index contributed by atoms with van der Waals surface area (Å²) >= 11 is 0. The third-order valence-electron chi connectivity index (χ3n) is 2.75. The van der Waals surface area contributed by atoms with E-state index in [9.17, 15) is 9.18 Å². The quantitative estimate of drug-likeness (QED) is 0.739. The van der Waals surface area contributed by atoms with E-state index >= 15 is 0 Å². The average molecular weight is 256 g/mol. The van der Waals surface area contributed by atoms with Crippen molar-refractivity contribution in [1.29, 1.82) is 0 Å². The molecule has 6 heteroatoms. The van der Waals surface area contributed by atoms with E-state index in [1.807, 2.05) is 6.07 Å². The van der Waals surface area contributed by atoms with Gasteiger partial charge in [0.1, 0.15) is 0 Å². The van der Waals surface area contributed by atoms with E-state index in [0.29, 0.717) is 5.69 Å². The Bertz CT molecular complexity index is 753. The number of rotatable bonds is 2. The molecule has 0 saturated heterocycles. The van der Waals surface area contributed by atoms with Gasteiger partial charge in [0.25, 0.3) is 5.91 Å². The number of carbonyl (C=O) groups excluding carboxylic acids is 1. The van der Waals surface area contributed by atoms with Gasteiger partial charge in [0.15, 0.2) is 5.82 Å². The molecule has 0 saturated carbocycles. The molecule has 94 valence electrons. The van der Waals surface area contributed by atoms with Crippen molar-refractivity contribution in [3.8, 4) is 0 Å². The minimum Gasteiger partial charge on any atom is -0.321 e. The molecule has 0 spiro atoms. The minimum absolute atomic E-state index is 0.0458. The van der Waals surface area contributed by atoms with Crippen molar-refractivity contribution in [3.63, 3.8) is 0 Å². The van der Waals surface area contributed by atoms with Gasteiger partial charge in [-0.25, -0.2) is 4.39 Å². The van der Waals surface area contributed by atoms with E-state index in [-0.39, 0.29) is 5.56 Å². The van der Waals surface area contributed by atoms with Crippen molar-refractivity contribution < 1.29 is 9.18 Å². The summed E-state index contributed by atoms with van der Waals surface area (Å²) in [7, 11) is 0. The van der Waals surface area contributed by atoms with Crippen molar-refractivity contribution in [3.05, 3.63) is 54.2 Å². The molecule has 2 heterocycles. The van der Waals surface area contributed by atoms with Crippen LogP contribution in [0, 0.1) is 5.82 Å². The first-order valence-electron chi connectivity index (χ1n) is 5.58. The highest BCUT2D eigenvalue weighted by molar-refractivity contribution is 6.08. The lowest BCUT2D eigenvalue weighted by molar-refractivity contribution is 0.102. The SMILES string of the molecule is O=C(Nc1cccc2[nH]ncc12)c1ccncc1F. The molecule has 2 N–H and O–H groups in total. The molecule has 5 nitrogen and oxygen atoms in total. The number of aromatic nitrogens is 3. The van der Waals surface area contributed by atoms with Crippen LogP contribution in [0.3, 0.4) is 0 Å². The number of amides is 1. The zero-order chi connectivity index (χ0) is 13.2. The molecule has 1 amide bonds. The van der Waals surface area contributed by atoms with Gasteiger partial charge in [-0.15, -0.1) is 0 Å². The monoisotopic (exact) mass is 256 g/mol. The average Bonchev–Trinajstić information content (AvgIpc) is 2.88. The van der Waals surface area contributed by atoms with Gasteiger partial charge in [-0.1, -0.05) is 6.07 Å². The minimum atomic E-state index is -0.653. The molecule has 0 aliphatic heterocycles. The van der Waals surface area contributed by atoms with Crippen LogP contribution in [0.15, 0.2) is 42.9 Å². The molecule has 3 rings (SSSR count). The molecular formula is C13H9FN4O. The summed E-state index contributed by atoms with van der Waals surface area (Å²) in [6.07, 6.45) is 3.98. The molecular weight excluding hydrogens is 247 g/mol. The van der Waals surface area contributed by atoms with Crippen molar-refractivity contribution in [2.24, 2.45) is 0 Å². The molecule has 0 unspecified atom stereocenters. The van der Waals surface area contributed by atoms with Gasteiger partial charge < -0.3 is 5.32 Å². The molecule has 19 heavy (non-hydrogen) atoms. The molecule has 1 aromatic carbocycles. The standard InChI is InChI=1S/C13H9FN4O/c14-10-7-15-5-4-8(10)13(19)17-11-2-1-3-12-9(11)6-16-18-12/h1-7H,(H,16,18)(H,17,19). The Morgan fingerprint density at radius 2 is 2.16 bits per heavy atom. The predicted molar refractivity (Wildman–Crippen MR) is 68.2 cm³/mol. The molecule has 0 aliphatic rings. The Labute approximate surface area is 107 Å². The van der Waals surface area contributed by atoms with Crippen LogP contribution in [0.1, 0.15) is 10.4 Å². The maximum Gasteiger partial charge on any atom is 0.258 e. The number of nitrogens with one attached hydrogen (secondary N) is 2. The number of fused-ring (bicyclic) bond motifs is 1. The van der Waals surface area contributed by atoms with E-state index in [4.69, 9.17) is 0 Å². The van der Waals surface area contributed by atoms with Crippen LogP contribution in [-0.2, 0) is 0 Å². The highest BCUT2D eigenvalue weighted by Crippen LogP contribution is 2.21. The summed E-state index contributed by atoms with van der Waals surface area (Å²) in [4.78, 5) is 15.6. The number of benzene rings is 1. The van der Waals surface area contributed by atoms with Gasteiger partial charge in [0, 0.05) is 11.6 Å². The fraction of sp³-hybridized carbons (Fsp3) is 0. The van der Waals surface area contributed by atoms with Gasteiger partial charge in [-0.2, -0.15) is 5.10 Å². The number of aromatic amines is 1. The first kappa shape index (κ1) is 11.3. The molecule has 0 bridgehead atoms. The highest BCUT2D eigenvalue weighted by atomic mass is 19.1. The third-order valence-corrected chi connectivity index (χ3v) is 2.75. The van der Waals surface area contributed by atoms with Crippen LogP contribution in [0.2, 0.25) is 0 Å².